The third-order valence-electron chi connectivity index (χ3n) is 8.86. The second-order valence-electron chi connectivity index (χ2n) is 11.0. The molecular weight excluding hydrogens is 526 g/mol. The summed E-state index contributed by atoms with van der Waals surface area (Å²) in [6, 6.07) is 4.87. The van der Waals surface area contributed by atoms with Crippen molar-refractivity contribution < 1.29 is 26.9 Å². The summed E-state index contributed by atoms with van der Waals surface area (Å²) in [4.78, 5) is 22.1. The quantitative estimate of drug-likeness (QED) is 0.407. The third kappa shape index (κ3) is 3.88. The van der Waals surface area contributed by atoms with Crippen LogP contribution in [0, 0.1) is 30.6 Å². The van der Waals surface area contributed by atoms with Crippen LogP contribution in [0.1, 0.15) is 49.9 Å². The smallest absolute Gasteiger partial charge is 0.242 e. The molecule has 1 aromatic carbocycles. The zero-order valence-corrected chi connectivity index (χ0v) is 24.2. The second kappa shape index (κ2) is 9.15. The van der Waals surface area contributed by atoms with E-state index in [-0.39, 0.29) is 28.4 Å². The first-order chi connectivity index (χ1) is 17.9. The van der Waals surface area contributed by atoms with Crippen LogP contribution in [0.3, 0.4) is 0 Å². The Morgan fingerprint density at radius 2 is 1.92 bits per heavy atom. The number of carbonyl (C=O) groups is 1. The number of aryl methyl sites for hydroxylation is 1. The summed E-state index contributed by atoms with van der Waals surface area (Å²) >= 11 is 0. The van der Waals surface area contributed by atoms with E-state index in [9.17, 15) is 17.4 Å². The van der Waals surface area contributed by atoms with E-state index < -0.39 is 31.7 Å². The van der Waals surface area contributed by atoms with Gasteiger partial charge in [0.05, 0.1) is 58.7 Å². The number of methoxy groups -OCH3 is 2. The SMILES string of the molecule is COc1ccc2c(c1)nc([S@@](=O)Cc1ncc(C)c(OC)c1C)n2S(=O)(=O)C[C@]12CCC(CC1=O)C2(C)C. The maximum atomic E-state index is 14.2. The Balaban J connectivity index is 1.62. The summed E-state index contributed by atoms with van der Waals surface area (Å²) in [5.74, 6) is 0.933. The first-order valence-electron chi connectivity index (χ1n) is 12.6. The highest BCUT2D eigenvalue weighted by Gasteiger charge is 2.65. The Hall–Kier alpha value is -2.79. The number of rotatable bonds is 8. The normalized spacial score (nSPS) is 23.2. The van der Waals surface area contributed by atoms with Crippen molar-refractivity contribution in [2.75, 3.05) is 20.0 Å². The lowest BCUT2D eigenvalue weighted by Gasteiger charge is -2.36. The summed E-state index contributed by atoms with van der Waals surface area (Å²) in [6.07, 6.45) is 3.42. The average Bonchev–Trinajstić information content (AvgIpc) is 3.42. The van der Waals surface area contributed by atoms with Gasteiger partial charge in [-0.25, -0.2) is 17.4 Å². The van der Waals surface area contributed by atoms with Crippen LogP contribution in [0.5, 0.6) is 11.5 Å². The molecule has 0 saturated heterocycles. The molecule has 1 unspecified atom stereocenters. The molecule has 2 fully saturated rings. The highest BCUT2D eigenvalue weighted by Crippen LogP contribution is 2.64. The van der Waals surface area contributed by atoms with Crippen molar-refractivity contribution in [1.82, 2.24) is 13.9 Å². The van der Waals surface area contributed by atoms with E-state index in [0.29, 0.717) is 41.1 Å². The molecule has 2 aliphatic rings. The van der Waals surface area contributed by atoms with Crippen LogP contribution < -0.4 is 9.47 Å². The number of fused-ring (bicyclic) bond motifs is 3. The minimum absolute atomic E-state index is 0.00247. The van der Waals surface area contributed by atoms with Crippen molar-refractivity contribution in [3.05, 3.63) is 41.2 Å². The van der Waals surface area contributed by atoms with Gasteiger partial charge < -0.3 is 9.47 Å². The molecule has 0 radical (unpaired) electrons. The summed E-state index contributed by atoms with van der Waals surface area (Å²) in [7, 11) is -2.93. The molecule has 204 valence electrons. The Kier molecular flexibility index (Phi) is 6.45. The lowest BCUT2D eigenvalue weighted by molar-refractivity contribution is -0.128. The van der Waals surface area contributed by atoms with Crippen molar-refractivity contribution in [2.45, 2.75) is 57.9 Å². The number of ketones is 1. The number of carbonyl (C=O) groups excluding carboxylic acids is 1. The van der Waals surface area contributed by atoms with Gasteiger partial charge in [-0.2, -0.15) is 0 Å². The number of pyridine rings is 1. The van der Waals surface area contributed by atoms with E-state index in [1.165, 1.54) is 7.11 Å². The molecule has 2 aromatic heterocycles. The Bertz CT molecular complexity index is 1590. The fraction of sp³-hybridized carbons (Fsp3) is 0.519. The van der Waals surface area contributed by atoms with Gasteiger partial charge in [0.1, 0.15) is 17.3 Å². The molecule has 0 spiro atoms. The number of ether oxygens (including phenoxy) is 2. The molecule has 5 rings (SSSR count). The Morgan fingerprint density at radius 3 is 2.53 bits per heavy atom. The summed E-state index contributed by atoms with van der Waals surface area (Å²) in [6.45, 7) is 7.71. The van der Waals surface area contributed by atoms with Crippen LogP contribution in [0.4, 0.5) is 0 Å². The van der Waals surface area contributed by atoms with Crippen LogP contribution >= 0.6 is 0 Å². The maximum absolute atomic E-state index is 14.2. The van der Waals surface area contributed by atoms with Gasteiger partial charge in [-0.3, -0.25) is 14.0 Å². The molecule has 11 heteroatoms. The molecule has 3 aromatic rings. The minimum atomic E-state index is -4.14. The van der Waals surface area contributed by atoms with Gasteiger partial charge in [0.25, 0.3) is 0 Å². The number of imidazole rings is 1. The molecule has 0 N–H and O–H groups in total. The fourth-order valence-electron chi connectivity index (χ4n) is 6.44. The van der Waals surface area contributed by atoms with Gasteiger partial charge in [-0.1, -0.05) is 13.8 Å². The van der Waals surface area contributed by atoms with Crippen LogP contribution in [-0.4, -0.2) is 52.3 Å². The van der Waals surface area contributed by atoms with Gasteiger partial charge in [0.15, 0.2) is 0 Å². The predicted molar refractivity (Wildman–Crippen MR) is 144 cm³/mol. The molecule has 3 atom stereocenters. The molecule has 0 amide bonds. The standard InChI is InChI=1S/C27H33N3O6S2/c1-16-13-28-21(17(2)24(16)36-6)14-37(32)25-29-20-12-19(35-5)7-8-22(20)30(25)38(33,34)15-27-10-9-18(11-23(27)31)26(27,3)4/h7-8,12-13,18H,9-11,14-15H2,1-6H3/t18?,27-,37+/m1/s1. The minimum Gasteiger partial charge on any atom is -0.497 e. The average molecular weight is 560 g/mol. The number of aromatic nitrogens is 3. The number of Topliss-reactive ketones (excluding diaryl/α,β-unsaturated/α-hetero) is 1. The highest BCUT2D eigenvalue weighted by molar-refractivity contribution is 7.91. The van der Waals surface area contributed by atoms with Crippen molar-refractivity contribution >= 4 is 37.6 Å². The monoisotopic (exact) mass is 559 g/mol. The topological polar surface area (TPSA) is 117 Å². The Labute approximate surface area is 225 Å². The van der Waals surface area contributed by atoms with E-state index >= 15 is 0 Å². The van der Waals surface area contributed by atoms with Gasteiger partial charge in [0.2, 0.25) is 15.2 Å². The lowest BCUT2D eigenvalue weighted by atomic mass is 9.70. The van der Waals surface area contributed by atoms with E-state index in [4.69, 9.17) is 9.47 Å². The first-order valence-corrected chi connectivity index (χ1v) is 15.5. The lowest BCUT2D eigenvalue weighted by Crippen LogP contribution is -2.43. The van der Waals surface area contributed by atoms with Crippen molar-refractivity contribution in [3.8, 4) is 11.5 Å². The third-order valence-corrected chi connectivity index (χ3v) is 12.0. The fourth-order valence-corrected chi connectivity index (χ4v) is 10.3. The van der Waals surface area contributed by atoms with Gasteiger partial charge >= 0.3 is 0 Å². The van der Waals surface area contributed by atoms with Gasteiger partial charge in [0, 0.05) is 29.8 Å². The molecule has 0 aliphatic heterocycles. The van der Waals surface area contributed by atoms with Crippen LogP contribution in [0.15, 0.2) is 29.6 Å². The van der Waals surface area contributed by atoms with Crippen molar-refractivity contribution in [1.29, 1.82) is 0 Å². The van der Waals surface area contributed by atoms with Crippen LogP contribution in [0.2, 0.25) is 0 Å². The van der Waals surface area contributed by atoms with Gasteiger partial charge in [-0.15, -0.1) is 0 Å². The van der Waals surface area contributed by atoms with E-state index in [1.54, 1.807) is 31.5 Å². The maximum Gasteiger partial charge on any atom is 0.242 e. The Morgan fingerprint density at radius 1 is 1.18 bits per heavy atom. The number of benzene rings is 1. The summed E-state index contributed by atoms with van der Waals surface area (Å²) in [5, 5.41) is -0.0943. The summed E-state index contributed by atoms with van der Waals surface area (Å²) in [5.41, 5.74) is 1.36. The molecule has 2 aliphatic carbocycles. The molecule has 38 heavy (non-hydrogen) atoms. The van der Waals surface area contributed by atoms with E-state index in [1.807, 2.05) is 27.7 Å². The predicted octanol–water partition coefficient (Wildman–Crippen LogP) is 3.95. The highest BCUT2D eigenvalue weighted by atomic mass is 32.2. The zero-order valence-electron chi connectivity index (χ0n) is 22.5. The van der Waals surface area contributed by atoms with E-state index in [0.717, 1.165) is 21.5 Å². The molecule has 9 nitrogen and oxygen atoms in total. The molecule has 2 saturated carbocycles. The molecule has 2 heterocycles. The number of nitrogens with zero attached hydrogens (tertiary/aromatic N) is 3. The molecular formula is C27H33N3O6S2. The van der Waals surface area contributed by atoms with Gasteiger partial charge in [-0.05, 0) is 50.2 Å². The van der Waals surface area contributed by atoms with Crippen LogP contribution in [0.25, 0.3) is 11.0 Å². The summed E-state index contributed by atoms with van der Waals surface area (Å²) < 4.78 is 54.1. The zero-order chi connectivity index (χ0) is 27.6. The largest absolute Gasteiger partial charge is 0.497 e. The van der Waals surface area contributed by atoms with E-state index in [2.05, 4.69) is 9.97 Å². The first kappa shape index (κ1) is 26.8. The number of hydrogen-bond acceptors (Lipinski definition) is 8. The number of hydrogen-bond donors (Lipinski definition) is 0. The second-order valence-corrected chi connectivity index (χ2v) is 14.1. The van der Waals surface area contributed by atoms with Crippen molar-refractivity contribution in [2.24, 2.45) is 16.7 Å². The molecule has 2 bridgehead atoms. The van der Waals surface area contributed by atoms with Crippen molar-refractivity contribution in [3.63, 3.8) is 0 Å². The van der Waals surface area contributed by atoms with Crippen LogP contribution in [-0.2, 0) is 31.4 Å².